The highest BCUT2D eigenvalue weighted by atomic mass is 35.5. The molecular weight excluding hydrogens is 414 g/mol. The molecule has 4 rings (SSSR count). The molecule has 1 heterocycles. The molecule has 0 atom stereocenters. The quantitative estimate of drug-likeness (QED) is 0.656. The predicted molar refractivity (Wildman–Crippen MR) is 108 cm³/mol. The first-order valence-electron chi connectivity index (χ1n) is 9.24. The number of anilines is 1. The van der Waals surface area contributed by atoms with E-state index in [0.717, 1.165) is 18.2 Å². The summed E-state index contributed by atoms with van der Waals surface area (Å²) in [6.07, 6.45) is 2.02. The van der Waals surface area contributed by atoms with Crippen molar-refractivity contribution in [2.75, 3.05) is 5.32 Å². The van der Waals surface area contributed by atoms with E-state index < -0.39 is 23.4 Å². The van der Waals surface area contributed by atoms with Crippen LogP contribution in [0.15, 0.2) is 30.3 Å². The van der Waals surface area contributed by atoms with Gasteiger partial charge >= 0.3 is 0 Å². The van der Waals surface area contributed by atoms with Gasteiger partial charge in [0.2, 0.25) is 0 Å². The highest BCUT2D eigenvalue weighted by molar-refractivity contribution is 6.30. The largest absolute Gasteiger partial charge is 0.366 e. The van der Waals surface area contributed by atoms with Crippen LogP contribution in [0.5, 0.6) is 0 Å². The molecule has 3 N–H and O–H groups in total. The van der Waals surface area contributed by atoms with Crippen molar-refractivity contribution >= 4 is 29.1 Å². The Balaban J connectivity index is 1.76. The summed E-state index contributed by atoms with van der Waals surface area (Å²) in [6.45, 7) is 1.50. The van der Waals surface area contributed by atoms with Gasteiger partial charge in [-0.25, -0.2) is 13.5 Å². The maximum Gasteiger partial charge on any atom is 0.276 e. The fraction of sp³-hybridized carbons (Fsp3) is 0.190. The standard InChI is InChI=1S/C21H17ClF2N4O2/c1-10-8-15(12(20(25)29)9-14(10)23)26-21(30)19-11-4-2-6-16(11)28(27-19)17-7-3-5-13(22)18(17)24/h3,5,7-9H,2,4,6H2,1H3,(H2,25,29)(H,26,30). The zero-order chi connectivity index (χ0) is 21.6. The van der Waals surface area contributed by atoms with Gasteiger partial charge in [0.1, 0.15) is 11.5 Å². The third-order valence-corrected chi connectivity index (χ3v) is 5.41. The van der Waals surface area contributed by atoms with Crippen LogP contribution < -0.4 is 11.1 Å². The van der Waals surface area contributed by atoms with Crippen molar-refractivity contribution in [2.24, 2.45) is 5.73 Å². The van der Waals surface area contributed by atoms with E-state index in [-0.39, 0.29) is 33.2 Å². The number of carbonyl (C=O) groups excluding carboxylic acids is 2. The lowest BCUT2D eigenvalue weighted by molar-refractivity contribution is 0.100. The number of benzene rings is 2. The summed E-state index contributed by atoms with van der Waals surface area (Å²) >= 11 is 5.90. The number of aryl methyl sites for hydroxylation is 1. The molecule has 6 nitrogen and oxygen atoms in total. The van der Waals surface area contributed by atoms with Gasteiger partial charge in [-0.3, -0.25) is 9.59 Å². The summed E-state index contributed by atoms with van der Waals surface area (Å²) in [4.78, 5) is 24.7. The number of rotatable bonds is 4. The number of hydrogen-bond acceptors (Lipinski definition) is 3. The third-order valence-electron chi connectivity index (χ3n) is 5.12. The number of nitrogens with one attached hydrogen (secondary N) is 1. The molecular formula is C21H17ClF2N4O2. The summed E-state index contributed by atoms with van der Waals surface area (Å²) in [7, 11) is 0. The Morgan fingerprint density at radius 2 is 2.00 bits per heavy atom. The normalized spacial score (nSPS) is 12.7. The van der Waals surface area contributed by atoms with Crippen LogP contribution in [-0.2, 0) is 12.8 Å². The molecule has 154 valence electrons. The van der Waals surface area contributed by atoms with Crippen molar-refractivity contribution in [3.63, 3.8) is 0 Å². The minimum Gasteiger partial charge on any atom is -0.366 e. The smallest absolute Gasteiger partial charge is 0.276 e. The Kier molecular flexibility index (Phi) is 5.03. The van der Waals surface area contributed by atoms with E-state index in [2.05, 4.69) is 10.4 Å². The molecule has 2 amide bonds. The summed E-state index contributed by atoms with van der Waals surface area (Å²) in [5.41, 5.74) is 7.18. The van der Waals surface area contributed by atoms with Gasteiger partial charge in [0.15, 0.2) is 11.5 Å². The Labute approximate surface area is 175 Å². The Morgan fingerprint density at radius 3 is 2.73 bits per heavy atom. The highest BCUT2D eigenvalue weighted by Gasteiger charge is 2.29. The van der Waals surface area contributed by atoms with E-state index in [9.17, 15) is 18.4 Å². The maximum atomic E-state index is 14.6. The van der Waals surface area contributed by atoms with Crippen molar-refractivity contribution in [3.8, 4) is 5.69 Å². The molecule has 0 spiro atoms. The van der Waals surface area contributed by atoms with E-state index >= 15 is 0 Å². The van der Waals surface area contributed by atoms with Crippen molar-refractivity contribution < 1.29 is 18.4 Å². The monoisotopic (exact) mass is 430 g/mol. The SMILES string of the molecule is Cc1cc(NC(=O)c2nn(-c3cccc(Cl)c3F)c3c2CCC3)c(C(N)=O)cc1F. The average molecular weight is 431 g/mol. The lowest BCUT2D eigenvalue weighted by Gasteiger charge is -2.10. The third kappa shape index (κ3) is 3.33. The summed E-state index contributed by atoms with van der Waals surface area (Å²) in [5.74, 6) is -2.71. The van der Waals surface area contributed by atoms with Gasteiger partial charge < -0.3 is 11.1 Å². The van der Waals surface area contributed by atoms with Crippen molar-refractivity contribution in [2.45, 2.75) is 26.2 Å². The minimum absolute atomic E-state index is 0.0476. The number of aromatic nitrogens is 2. The molecule has 2 aromatic carbocycles. The number of nitrogens with zero attached hydrogens (tertiary/aromatic N) is 2. The van der Waals surface area contributed by atoms with Crippen LogP contribution in [0.3, 0.4) is 0 Å². The van der Waals surface area contributed by atoms with E-state index in [4.69, 9.17) is 17.3 Å². The van der Waals surface area contributed by atoms with Gasteiger partial charge in [-0.1, -0.05) is 17.7 Å². The Morgan fingerprint density at radius 1 is 1.23 bits per heavy atom. The molecule has 1 aliphatic rings. The number of carbonyl (C=O) groups is 2. The fourth-order valence-corrected chi connectivity index (χ4v) is 3.81. The van der Waals surface area contributed by atoms with Crippen LogP contribution in [0.4, 0.5) is 14.5 Å². The first-order valence-corrected chi connectivity index (χ1v) is 9.62. The van der Waals surface area contributed by atoms with Gasteiger partial charge in [0, 0.05) is 11.3 Å². The topological polar surface area (TPSA) is 90.0 Å². The molecule has 0 bridgehead atoms. The van der Waals surface area contributed by atoms with Crippen LogP contribution in [-0.4, -0.2) is 21.6 Å². The number of amides is 2. The molecule has 0 unspecified atom stereocenters. The van der Waals surface area contributed by atoms with Gasteiger partial charge in [-0.2, -0.15) is 5.10 Å². The van der Waals surface area contributed by atoms with Crippen LogP contribution in [0.1, 0.15) is 44.1 Å². The maximum absolute atomic E-state index is 14.6. The first kappa shape index (κ1) is 20.0. The Bertz CT molecular complexity index is 1210. The number of primary amides is 1. The fourth-order valence-electron chi connectivity index (χ4n) is 3.65. The molecule has 9 heteroatoms. The molecule has 1 aliphatic carbocycles. The first-order chi connectivity index (χ1) is 14.3. The average Bonchev–Trinajstić information content (AvgIpc) is 3.29. The van der Waals surface area contributed by atoms with Crippen molar-refractivity contribution in [3.05, 3.63) is 75.1 Å². The van der Waals surface area contributed by atoms with Crippen molar-refractivity contribution in [1.29, 1.82) is 0 Å². The lowest BCUT2D eigenvalue weighted by Crippen LogP contribution is -2.20. The van der Waals surface area contributed by atoms with Gasteiger partial charge in [-0.05, 0) is 56.0 Å². The van der Waals surface area contributed by atoms with Crippen LogP contribution in [0.2, 0.25) is 5.02 Å². The number of halogens is 3. The van der Waals surface area contributed by atoms with Crippen LogP contribution in [0, 0.1) is 18.6 Å². The number of fused-ring (bicyclic) bond motifs is 1. The molecule has 0 fully saturated rings. The van der Waals surface area contributed by atoms with Gasteiger partial charge in [0.05, 0.1) is 16.3 Å². The van der Waals surface area contributed by atoms with E-state index in [1.54, 1.807) is 6.07 Å². The zero-order valence-electron chi connectivity index (χ0n) is 15.9. The van der Waals surface area contributed by atoms with Gasteiger partial charge in [-0.15, -0.1) is 0 Å². The molecule has 0 saturated carbocycles. The lowest BCUT2D eigenvalue weighted by atomic mass is 10.1. The van der Waals surface area contributed by atoms with E-state index in [0.29, 0.717) is 18.4 Å². The molecule has 0 aliphatic heterocycles. The zero-order valence-corrected chi connectivity index (χ0v) is 16.7. The van der Waals surface area contributed by atoms with E-state index in [1.165, 1.54) is 29.8 Å². The summed E-state index contributed by atoms with van der Waals surface area (Å²) < 4.78 is 29.8. The second-order valence-corrected chi connectivity index (χ2v) is 7.48. The van der Waals surface area contributed by atoms with E-state index in [1.807, 2.05) is 0 Å². The molecule has 3 aromatic rings. The second kappa shape index (κ2) is 7.53. The predicted octanol–water partition coefficient (Wildman–Crippen LogP) is 3.95. The highest BCUT2D eigenvalue weighted by Crippen LogP contribution is 2.31. The molecule has 30 heavy (non-hydrogen) atoms. The van der Waals surface area contributed by atoms with Crippen LogP contribution >= 0.6 is 11.6 Å². The van der Waals surface area contributed by atoms with Crippen LogP contribution in [0.25, 0.3) is 5.69 Å². The molecule has 1 aromatic heterocycles. The summed E-state index contributed by atoms with van der Waals surface area (Å²) in [6, 6.07) is 6.88. The number of hydrogen-bond donors (Lipinski definition) is 2. The Hall–Kier alpha value is -3.26. The van der Waals surface area contributed by atoms with Crippen molar-refractivity contribution in [1.82, 2.24) is 9.78 Å². The summed E-state index contributed by atoms with van der Waals surface area (Å²) in [5, 5.41) is 6.88. The number of nitrogens with two attached hydrogens (primary N) is 1. The van der Waals surface area contributed by atoms with Gasteiger partial charge in [0.25, 0.3) is 11.8 Å². The minimum atomic E-state index is -0.874. The second-order valence-electron chi connectivity index (χ2n) is 7.08. The molecule has 0 saturated heterocycles. The molecule has 0 radical (unpaired) electrons.